The normalized spacial score (nSPS) is 12.9. The summed E-state index contributed by atoms with van der Waals surface area (Å²) in [5.41, 5.74) is 0.584. The standard InChI is InChI=1S/C14H23FN2O2/c1-17(2)7-9-19-8-6-16-11-14(18)12-4-3-5-13(15)10-12/h3-5,10,14,16,18H,6-9,11H2,1-2H3. The lowest BCUT2D eigenvalue weighted by atomic mass is 10.1. The Labute approximate surface area is 114 Å². The first-order valence-electron chi connectivity index (χ1n) is 6.46. The molecule has 0 fully saturated rings. The molecule has 2 N–H and O–H groups in total. The zero-order chi connectivity index (χ0) is 14.1. The molecule has 0 aliphatic carbocycles. The van der Waals surface area contributed by atoms with Crippen LogP contribution in [0.25, 0.3) is 0 Å². The first kappa shape index (κ1) is 16.0. The van der Waals surface area contributed by atoms with E-state index in [0.29, 0.717) is 31.9 Å². The maximum absolute atomic E-state index is 13.0. The molecule has 5 heteroatoms. The van der Waals surface area contributed by atoms with Gasteiger partial charge in [-0.05, 0) is 31.8 Å². The Hall–Kier alpha value is -1.01. The van der Waals surface area contributed by atoms with Gasteiger partial charge in [-0.15, -0.1) is 0 Å². The molecule has 0 amide bonds. The Balaban J connectivity index is 2.09. The number of nitrogens with one attached hydrogen (secondary N) is 1. The van der Waals surface area contributed by atoms with Gasteiger partial charge < -0.3 is 20.1 Å². The van der Waals surface area contributed by atoms with Gasteiger partial charge in [0.15, 0.2) is 0 Å². The highest BCUT2D eigenvalue weighted by molar-refractivity contribution is 5.18. The number of rotatable bonds is 9. The third kappa shape index (κ3) is 7.22. The molecule has 0 radical (unpaired) electrons. The van der Waals surface area contributed by atoms with Crippen molar-refractivity contribution < 1.29 is 14.2 Å². The van der Waals surface area contributed by atoms with Gasteiger partial charge in [0, 0.05) is 19.6 Å². The molecule has 1 aromatic rings. The summed E-state index contributed by atoms with van der Waals surface area (Å²) in [7, 11) is 3.99. The first-order chi connectivity index (χ1) is 9.09. The molecular weight excluding hydrogens is 247 g/mol. The Morgan fingerprint density at radius 2 is 2.16 bits per heavy atom. The van der Waals surface area contributed by atoms with Crippen LogP contribution in [0.2, 0.25) is 0 Å². The Morgan fingerprint density at radius 1 is 1.37 bits per heavy atom. The fourth-order valence-corrected chi connectivity index (χ4v) is 1.56. The largest absolute Gasteiger partial charge is 0.387 e. The van der Waals surface area contributed by atoms with Gasteiger partial charge >= 0.3 is 0 Å². The van der Waals surface area contributed by atoms with Gasteiger partial charge in [-0.2, -0.15) is 0 Å². The van der Waals surface area contributed by atoms with Crippen LogP contribution in [0, 0.1) is 5.82 Å². The van der Waals surface area contributed by atoms with Crippen molar-refractivity contribution in [3.8, 4) is 0 Å². The second-order valence-corrected chi connectivity index (χ2v) is 4.69. The summed E-state index contributed by atoms with van der Waals surface area (Å²) in [6.07, 6.45) is -0.697. The van der Waals surface area contributed by atoms with E-state index in [0.717, 1.165) is 6.54 Å². The molecule has 0 aromatic heterocycles. The molecule has 0 saturated heterocycles. The fourth-order valence-electron chi connectivity index (χ4n) is 1.56. The molecule has 1 rings (SSSR count). The maximum atomic E-state index is 13.0. The highest BCUT2D eigenvalue weighted by Gasteiger charge is 2.07. The second-order valence-electron chi connectivity index (χ2n) is 4.69. The third-order valence-corrected chi connectivity index (χ3v) is 2.68. The van der Waals surface area contributed by atoms with Gasteiger partial charge in [-0.1, -0.05) is 12.1 Å². The van der Waals surface area contributed by atoms with Crippen molar-refractivity contribution in [3.05, 3.63) is 35.6 Å². The first-order valence-corrected chi connectivity index (χ1v) is 6.46. The number of benzene rings is 1. The van der Waals surface area contributed by atoms with Gasteiger partial charge in [-0.3, -0.25) is 0 Å². The number of likely N-dealkylation sites (N-methyl/N-ethyl adjacent to an activating group) is 1. The molecule has 0 saturated carbocycles. The summed E-state index contributed by atoms with van der Waals surface area (Å²) in [5, 5.41) is 12.9. The van der Waals surface area contributed by atoms with Gasteiger partial charge in [0.25, 0.3) is 0 Å². The van der Waals surface area contributed by atoms with E-state index in [1.54, 1.807) is 12.1 Å². The summed E-state index contributed by atoms with van der Waals surface area (Å²) in [4.78, 5) is 2.06. The Kier molecular flexibility index (Phi) is 7.59. The number of hydrogen-bond acceptors (Lipinski definition) is 4. The Bertz CT molecular complexity index is 361. The smallest absolute Gasteiger partial charge is 0.123 e. The van der Waals surface area contributed by atoms with Gasteiger partial charge in [0.05, 0.1) is 19.3 Å². The van der Waals surface area contributed by atoms with Crippen molar-refractivity contribution in [2.24, 2.45) is 0 Å². The van der Waals surface area contributed by atoms with Gasteiger partial charge in [-0.25, -0.2) is 4.39 Å². The molecule has 0 aliphatic rings. The van der Waals surface area contributed by atoms with Crippen LogP contribution in [-0.2, 0) is 4.74 Å². The van der Waals surface area contributed by atoms with Crippen LogP contribution in [0.5, 0.6) is 0 Å². The number of aliphatic hydroxyl groups excluding tert-OH is 1. The van der Waals surface area contributed by atoms with Crippen LogP contribution in [-0.4, -0.2) is 56.9 Å². The van der Waals surface area contributed by atoms with E-state index in [2.05, 4.69) is 10.2 Å². The molecule has 108 valence electrons. The second kappa shape index (κ2) is 8.98. The predicted molar refractivity (Wildman–Crippen MR) is 73.6 cm³/mol. The van der Waals surface area contributed by atoms with Crippen molar-refractivity contribution in [1.29, 1.82) is 0 Å². The summed E-state index contributed by atoms with van der Waals surface area (Å²) < 4.78 is 18.4. The number of ether oxygens (including phenoxy) is 1. The fraction of sp³-hybridized carbons (Fsp3) is 0.571. The average molecular weight is 270 g/mol. The minimum atomic E-state index is -0.697. The number of hydrogen-bond donors (Lipinski definition) is 2. The zero-order valence-corrected chi connectivity index (χ0v) is 11.6. The van der Waals surface area contributed by atoms with Crippen molar-refractivity contribution in [1.82, 2.24) is 10.2 Å². The van der Waals surface area contributed by atoms with Gasteiger partial charge in [0.1, 0.15) is 5.82 Å². The van der Waals surface area contributed by atoms with E-state index in [4.69, 9.17) is 4.74 Å². The topological polar surface area (TPSA) is 44.7 Å². The van der Waals surface area contributed by atoms with Gasteiger partial charge in [0.2, 0.25) is 0 Å². The van der Waals surface area contributed by atoms with Crippen molar-refractivity contribution in [2.75, 3.05) is 46.9 Å². The van der Waals surface area contributed by atoms with Crippen molar-refractivity contribution in [3.63, 3.8) is 0 Å². The number of nitrogens with zero attached hydrogens (tertiary/aromatic N) is 1. The van der Waals surface area contributed by atoms with E-state index < -0.39 is 6.10 Å². The van der Waals surface area contributed by atoms with Crippen LogP contribution in [0.3, 0.4) is 0 Å². The van der Waals surface area contributed by atoms with E-state index in [1.165, 1.54) is 12.1 Å². The minimum Gasteiger partial charge on any atom is -0.387 e. The van der Waals surface area contributed by atoms with E-state index >= 15 is 0 Å². The van der Waals surface area contributed by atoms with E-state index in [-0.39, 0.29) is 5.82 Å². The molecule has 1 unspecified atom stereocenters. The van der Waals surface area contributed by atoms with Crippen LogP contribution < -0.4 is 5.32 Å². The SMILES string of the molecule is CN(C)CCOCCNCC(O)c1cccc(F)c1. The lowest BCUT2D eigenvalue weighted by Gasteiger charge is -2.13. The summed E-state index contributed by atoms with van der Waals surface area (Å²) in [6.45, 7) is 3.25. The quantitative estimate of drug-likeness (QED) is 0.658. The molecule has 0 heterocycles. The van der Waals surface area contributed by atoms with E-state index in [1.807, 2.05) is 14.1 Å². The minimum absolute atomic E-state index is 0.330. The molecule has 0 bridgehead atoms. The van der Waals surface area contributed by atoms with Crippen LogP contribution in [0.4, 0.5) is 4.39 Å². The molecule has 0 aliphatic heterocycles. The van der Waals surface area contributed by atoms with Crippen LogP contribution in [0.1, 0.15) is 11.7 Å². The van der Waals surface area contributed by atoms with Crippen LogP contribution in [0.15, 0.2) is 24.3 Å². The molecule has 4 nitrogen and oxygen atoms in total. The lowest BCUT2D eigenvalue weighted by Crippen LogP contribution is -2.26. The van der Waals surface area contributed by atoms with Crippen LogP contribution >= 0.6 is 0 Å². The lowest BCUT2D eigenvalue weighted by molar-refractivity contribution is 0.114. The highest BCUT2D eigenvalue weighted by Crippen LogP contribution is 2.12. The maximum Gasteiger partial charge on any atom is 0.123 e. The highest BCUT2D eigenvalue weighted by atomic mass is 19.1. The van der Waals surface area contributed by atoms with Crippen molar-refractivity contribution in [2.45, 2.75) is 6.10 Å². The van der Waals surface area contributed by atoms with Crippen molar-refractivity contribution >= 4 is 0 Å². The monoisotopic (exact) mass is 270 g/mol. The van der Waals surface area contributed by atoms with E-state index in [9.17, 15) is 9.50 Å². The summed E-state index contributed by atoms with van der Waals surface area (Å²) in [5.74, 6) is -0.330. The number of halogens is 1. The third-order valence-electron chi connectivity index (χ3n) is 2.68. The summed E-state index contributed by atoms with van der Waals surface area (Å²) >= 11 is 0. The molecule has 0 spiro atoms. The molecule has 19 heavy (non-hydrogen) atoms. The summed E-state index contributed by atoms with van der Waals surface area (Å²) in [6, 6.07) is 6.02. The predicted octanol–water partition coefficient (Wildman–Crippen LogP) is 1.03. The zero-order valence-electron chi connectivity index (χ0n) is 11.6. The average Bonchev–Trinajstić information content (AvgIpc) is 2.37. The number of aliphatic hydroxyl groups is 1. The Morgan fingerprint density at radius 3 is 2.84 bits per heavy atom. The molecular formula is C14H23FN2O2. The molecule has 1 aromatic carbocycles. The molecule has 1 atom stereocenters.